The highest BCUT2D eigenvalue weighted by atomic mass is 32.2. The summed E-state index contributed by atoms with van der Waals surface area (Å²) in [6.45, 7) is 2.80. The van der Waals surface area contributed by atoms with E-state index in [1.165, 1.54) is 28.4 Å². The van der Waals surface area contributed by atoms with Gasteiger partial charge in [0, 0.05) is 5.56 Å². The van der Waals surface area contributed by atoms with Crippen molar-refractivity contribution < 1.29 is 27.2 Å². The minimum Gasteiger partial charge on any atom is -0.465 e. The summed E-state index contributed by atoms with van der Waals surface area (Å²) in [7, 11) is -2.26. The van der Waals surface area contributed by atoms with Crippen molar-refractivity contribution in [2.24, 2.45) is 0 Å². The molecule has 1 aliphatic rings. The minimum atomic E-state index is -3.60. The molecule has 1 fully saturated rings. The Morgan fingerprint density at radius 3 is 2.44 bits per heavy atom. The van der Waals surface area contributed by atoms with Gasteiger partial charge < -0.3 is 9.64 Å². The van der Waals surface area contributed by atoms with Gasteiger partial charge in [0.25, 0.3) is 0 Å². The minimum absolute atomic E-state index is 0.109. The topological polar surface area (TPSA) is 68.1 Å². The Labute approximate surface area is 158 Å². The van der Waals surface area contributed by atoms with Gasteiger partial charge in [0.15, 0.2) is 0 Å². The first kappa shape index (κ1) is 19.5. The number of hydrogen-bond donors (Lipinski definition) is 1. The second kappa shape index (κ2) is 8.16. The molecule has 0 radical (unpaired) electrons. The number of methoxy groups -OCH3 is 1. The molecule has 6 nitrogen and oxygen atoms in total. The Morgan fingerprint density at radius 2 is 1.81 bits per heavy atom. The molecule has 1 heterocycles. The molecule has 0 aromatic heterocycles. The van der Waals surface area contributed by atoms with E-state index in [0.717, 1.165) is 17.7 Å². The third-order valence-corrected chi connectivity index (χ3v) is 6.60. The van der Waals surface area contributed by atoms with Crippen LogP contribution in [-0.4, -0.2) is 52.0 Å². The normalized spacial score (nSPS) is 16.2. The third kappa shape index (κ3) is 4.52. The molecule has 27 heavy (non-hydrogen) atoms. The smallest absolute Gasteiger partial charge is 0.337 e. The molecule has 0 unspecified atom stereocenters. The zero-order valence-corrected chi connectivity index (χ0v) is 15.8. The fourth-order valence-electron chi connectivity index (χ4n) is 3.19. The van der Waals surface area contributed by atoms with Crippen LogP contribution in [0.4, 0.5) is 4.39 Å². The quantitative estimate of drug-likeness (QED) is 0.760. The van der Waals surface area contributed by atoms with Crippen molar-refractivity contribution in [1.82, 2.24) is 4.31 Å². The zero-order chi connectivity index (χ0) is 19.4. The number of rotatable bonds is 5. The number of nitrogens with zero attached hydrogens (tertiary/aromatic N) is 1. The number of piperazine rings is 1. The Kier molecular flexibility index (Phi) is 5.88. The molecule has 0 aliphatic carbocycles. The Morgan fingerprint density at radius 1 is 1.15 bits per heavy atom. The van der Waals surface area contributed by atoms with Crippen LogP contribution < -0.4 is 4.90 Å². The maximum absolute atomic E-state index is 13.0. The predicted molar refractivity (Wildman–Crippen MR) is 97.3 cm³/mol. The summed E-state index contributed by atoms with van der Waals surface area (Å²) >= 11 is 0. The van der Waals surface area contributed by atoms with Gasteiger partial charge >= 0.3 is 5.97 Å². The number of ether oxygens (including phenoxy) is 1. The predicted octanol–water partition coefficient (Wildman–Crippen LogP) is 0.702. The van der Waals surface area contributed by atoms with E-state index < -0.39 is 15.8 Å². The van der Waals surface area contributed by atoms with Gasteiger partial charge in [0.2, 0.25) is 10.0 Å². The number of esters is 1. The average molecular weight is 393 g/mol. The van der Waals surface area contributed by atoms with Gasteiger partial charge in [-0.25, -0.2) is 17.6 Å². The number of nitrogens with one attached hydrogen (secondary N) is 1. The highest BCUT2D eigenvalue weighted by Gasteiger charge is 2.30. The van der Waals surface area contributed by atoms with Gasteiger partial charge in [0.05, 0.1) is 43.7 Å². The fourth-order valence-corrected chi connectivity index (χ4v) is 4.63. The summed E-state index contributed by atoms with van der Waals surface area (Å²) in [6.07, 6.45) is 0. The van der Waals surface area contributed by atoms with Crippen LogP contribution in [0.5, 0.6) is 0 Å². The number of carbonyl (C=O) groups excluding carboxylic acids is 1. The number of hydrogen-bond acceptors (Lipinski definition) is 4. The highest BCUT2D eigenvalue weighted by Crippen LogP contribution is 2.16. The fraction of sp³-hybridized carbons (Fsp3) is 0.316. The van der Waals surface area contributed by atoms with Crippen LogP contribution >= 0.6 is 0 Å². The number of halogens is 1. The summed E-state index contributed by atoms with van der Waals surface area (Å²) in [4.78, 5) is 13.0. The lowest BCUT2D eigenvalue weighted by atomic mass is 10.1. The molecule has 2 aromatic rings. The molecule has 0 spiro atoms. The summed E-state index contributed by atoms with van der Waals surface area (Å²) in [5, 5.41) is 0. The van der Waals surface area contributed by atoms with Gasteiger partial charge in [-0.2, -0.15) is 4.31 Å². The van der Waals surface area contributed by atoms with Gasteiger partial charge in [0.1, 0.15) is 12.4 Å². The maximum Gasteiger partial charge on any atom is 0.337 e. The third-order valence-electron chi connectivity index (χ3n) is 4.68. The number of sulfonamides is 1. The van der Waals surface area contributed by atoms with Gasteiger partial charge in [-0.3, -0.25) is 0 Å². The monoisotopic (exact) mass is 393 g/mol. The molecule has 0 saturated carbocycles. The van der Waals surface area contributed by atoms with E-state index in [1.54, 1.807) is 12.1 Å². The first-order valence-corrected chi connectivity index (χ1v) is 10.1. The molecule has 3 rings (SSSR count). The molecule has 1 saturated heterocycles. The molecule has 1 N–H and O–H groups in total. The lowest BCUT2D eigenvalue weighted by Crippen LogP contribution is -3.13. The largest absolute Gasteiger partial charge is 0.465 e. The van der Waals surface area contributed by atoms with Crippen molar-refractivity contribution in [2.75, 3.05) is 33.3 Å². The first-order valence-electron chi connectivity index (χ1n) is 8.66. The van der Waals surface area contributed by atoms with E-state index in [1.807, 2.05) is 12.1 Å². The standard InChI is InChI=1S/C19H21FN2O4S/c1-26-19(23)16-4-2-3-15(13-16)14-21-9-11-22(12-10-21)27(24,25)18-7-5-17(20)6-8-18/h2-8,13H,9-12,14H2,1H3/p+1. The molecule has 8 heteroatoms. The average Bonchev–Trinajstić information content (AvgIpc) is 2.68. The van der Waals surface area contributed by atoms with E-state index in [2.05, 4.69) is 0 Å². The summed E-state index contributed by atoms with van der Waals surface area (Å²) < 4.78 is 44.5. The summed E-state index contributed by atoms with van der Waals surface area (Å²) in [6, 6.07) is 12.2. The Bertz CT molecular complexity index is 908. The molecule has 144 valence electrons. The zero-order valence-electron chi connectivity index (χ0n) is 15.0. The van der Waals surface area contributed by atoms with Crippen LogP contribution in [0.25, 0.3) is 0 Å². The molecule has 0 bridgehead atoms. The van der Waals surface area contributed by atoms with Crippen LogP contribution in [0.2, 0.25) is 0 Å². The van der Waals surface area contributed by atoms with Crippen LogP contribution in [0.15, 0.2) is 53.4 Å². The van der Waals surface area contributed by atoms with Crippen molar-refractivity contribution in [3.8, 4) is 0 Å². The van der Waals surface area contributed by atoms with Crippen molar-refractivity contribution in [1.29, 1.82) is 0 Å². The molecular weight excluding hydrogens is 371 g/mol. The second-order valence-electron chi connectivity index (χ2n) is 6.48. The number of carbonyl (C=O) groups is 1. The lowest BCUT2D eigenvalue weighted by Gasteiger charge is -2.31. The van der Waals surface area contributed by atoms with Crippen molar-refractivity contribution in [3.63, 3.8) is 0 Å². The van der Waals surface area contributed by atoms with E-state index in [0.29, 0.717) is 38.3 Å². The Balaban J connectivity index is 1.62. The summed E-state index contributed by atoms with van der Waals surface area (Å²) in [5.74, 6) is -0.834. The van der Waals surface area contributed by atoms with E-state index >= 15 is 0 Å². The van der Waals surface area contributed by atoms with E-state index in [4.69, 9.17) is 4.74 Å². The Hall–Kier alpha value is -2.29. The van der Waals surface area contributed by atoms with Crippen LogP contribution in [0.3, 0.4) is 0 Å². The number of benzene rings is 2. The van der Waals surface area contributed by atoms with Gasteiger partial charge in [-0.05, 0) is 36.4 Å². The van der Waals surface area contributed by atoms with Crippen LogP contribution in [-0.2, 0) is 21.3 Å². The van der Waals surface area contributed by atoms with Crippen LogP contribution in [0, 0.1) is 5.82 Å². The molecular formula is C19H22FN2O4S+. The van der Waals surface area contributed by atoms with E-state index in [9.17, 15) is 17.6 Å². The highest BCUT2D eigenvalue weighted by molar-refractivity contribution is 7.89. The number of quaternary nitrogens is 1. The van der Waals surface area contributed by atoms with Gasteiger partial charge in [-0.1, -0.05) is 12.1 Å². The second-order valence-corrected chi connectivity index (χ2v) is 8.41. The molecule has 0 atom stereocenters. The SMILES string of the molecule is COC(=O)c1cccc(C[NH+]2CCN(S(=O)(=O)c3ccc(F)cc3)CC2)c1. The molecule has 0 amide bonds. The van der Waals surface area contributed by atoms with Crippen molar-refractivity contribution >= 4 is 16.0 Å². The van der Waals surface area contributed by atoms with Crippen molar-refractivity contribution in [2.45, 2.75) is 11.4 Å². The maximum atomic E-state index is 13.0. The lowest BCUT2D eigenvalue weighted by molar-refractivity contribution is -0.917. The van der Waals surface area contributed by atoms with Gasteiger partial charge in [-0.15, -0.1) is 0 Å². The molecule has 2 aromatic carbocycles. The van der Waals surface area contributed by atoms with Crippen LogP contribution in [0.1, 0.15) is 15.9 Å². The first-order chi connectivity index (χ1) is 12.9. The molecule has 1 aliphatic heterocycles. The van der Waals surface area contributed by atoms with E-state index in [-0.39, 0.29) is 10.9 Å². The van der Waals surface area contributed by atoms with Crippen molar-refractivity contribution in [3.05, 3.63) is 65.5 Å². The summed E-state index contributed by atoms with van der Waals surface area (Å²) in [5.41, 5.74) is 1.51.